The summed E-state index contributed by atoms with van der Waals surface area (Å²) in [5.41, 5.74) is 1.33. The van der Waals surface area contributed by atoms with E-state index in [0.717, 1.165) is 58.1 Å². The van der Waals surface area contributed by atoms with Crippen molar-refractivity contribution in [1.82, 2.24) is 10.6 Å². The zero-order valence-corrected chi connectivity index (χ0v) is 17.3. The predicted octanol–water partition coefficient (Wildman–Crippen LogP) is 2.85. The summed E-state index contributed by atoms with van der Waals surface area (Å²) in [4.78, 5) is 4.17. The molecule has 0 radical (unpaired) electrons. The summed E-state index contributed by atoms with van der Waals surface area (Å²) in [5, 5.41) is 6.51. The Kier molecular flexibility index (Phi) is 16.4. The number of aliphatic imine (C=N–C) groups is 1. The van der Waals surface area contributed by atoms with Crippen LogP contribution >= 0.6 is 24.0 Å². The van der Waals surface area contributed by atoms with Gasteiger partial charge in [0.05, 0.1) is 13.2 Å². The Labute approximate surface area is 163 Å². The second-order valence-corrected chi connectivity index (χ2v) is 5.18. The minimum Gasteiger partial charge on any atom is -0.381 e. The SMILES string of the molecule is CCOCCNC(=NC)NCCCCOCCc1ccccc1.I. The molecule has 0 aliphatic rings. The predicted molar refractivity (Wildman–Crippen MR) is 111 cm³/mol. The van der Waals surface area contributed by atoms with Gasteiger partial charge < -0.3 is 20.1 Å². The first-order valence-corrected chi connectivity index (χ1v) is 8.50. The molecule has 0 saturated carbocycles. The van der Waals surface area contributed by atoms with E-state index in [1.807, 2.05) is 13.0 Å². The lowest BCUT2D eigenvalue weighted by molar-refractivity contribution is 0.133. The number of guanidine groups is 1. The number of nitrogens with one attached hydrogen (secondary N) is 2. The number of hydrogen-bond donors (Lipinski definition) is 2. The number of unbranched alkanes of at least 4 members (excludes halogenated alkanes) is 1. The maximum absolute atomic E-state index is 5.67. The zero-order valence-electron chi connectivity index (χ0n) is 14.9. The van der Waals surface area contributed by atoms with Crippen LogP contribution in [0.25, 0.3) is 0 Å². The highest BCUT2D eigenvalue weighted by atomic mass is 127. The summed E-state index contributed by atoms with van der Waals surface area (Å²) in [6.45, 7) is 6.72. The molecule has 1 aromatic carbocycles. The molecule has 0 atom stereocenters. The Bertz CT molecular complexity index is 416. The molecule has 5 nitrogen and oxygen atoms in total. The highest BCUT2D eigenvalue weighted by molar-refractivity contribution is 14.0. The third-order valence-electron chi connectivity index (χ3n) is 3.35. The second kappa shape index (κ2) is 17.0. The van der Waals surface area contributed by atoms with Crippen LogP contribution in [0, 0.1) is 0 Å². The van der Waals surface area contributed by atoms with Crippen LogP contribution in [0.3, 0.4) is 0 Å². The lowest BCUT2D eigenvalue weighted by Gasteiger charge is -2.11. The first-order chi connectivity index (χ1) is 11.4. The molecular weight excluding hydrogens is 417 g/mol. The fourth-order valence-corrected chi connectivity index (χ4v) is 2.08. The summed E-state index contributed by atoms with van der Waals surface area (Å²) < 4.78 is 11.0. The number of nitrogens with zero attached hydrogens (tertiary/aromatic N) is 1. The van der Waals surface area contributed by atoms with E-state index >= 15 is 0 Å². The fourth-order valence-electron chi connectivity index (χ4n) is 2.08. The van der Waals surface area contributed by atoms with Gasteiger partial charge in [0.1, 0.15) is 0 Å². The van der Waals surface area contributed by atoms with Gasteiger partial charge in [0.25, 0.3) is 0 Å². The van der Waals surface area contributed by atoms with Crippen molar-refractivity contribution in [1.29, 1.82) is 0 Å². The quantitative estimate of drug-likeness (QED) is 0.223. The molecule has 0 spiro atoms. The number of ether oxygens (including phenoxy) is 2. The minimum atomic E-state index is 0. The Morgan fingerprint density at radius 1 is 0.958 bits per heavy atom. The van der Waals surface area contributed by atoms with Gasteiger partial charge in [0.2, 0.25) is 0 Å². The van der Waals surface area contributed by atoms with E-state index in [2.05, 4.69) is 39.9 Å². The van der Waals surface area contributed by atoms with Gasteiger partial charge in [-0.15, -0.1) is 24.0 Å². The molecule has 0 aromatic heterocycles. The minimum absolute atomic E-state index is 0. The van der Waals surface area contributed by atoms with Gasteiger partial charge in [-0.3, -0.25) is 4.99 Å². The molecule has 0 amide bonds. The smallest absolute Gasteiger partial charge is 0.191 e. The Balaban J connectivity index is 0.00000529. The van der Waals surface area contributed by atoms with Gasteiger partial charge in [0.15, 0.2) is 5.96 Å². The maximum atomic E-state index is 5.67. The first-order valence-electron chi connectivity index (χ1n) is 8.50. The average Bonchev–Trinajstić information content (AvgIpc) is 2.60. The van der Waals surface area contributed by atoms with Crippen molar-refractivity contribution in [2.75, 3.05) is 46.6 Å². The molecule has 0 heterocycles. The molecule has 0 unspecified atom stereocenters. The van der Waals surface area contributed by atoms with Crippen LogP contribution in [0.2, 0.25) is 0 Å². The monoisotopic (exact) mass is 449 g/mol. The van der Waals surface area contributed by atoms with E-state index in [0.29, 0.717) is 6.61 Å². The second-order valence-electron chi connectivity index (χ2n) is 5.18. The molecule has 1 aromatic rings. The molecule has 24 heavy (non-hydrogen) atoms. The summed E-state index contributed by atoms with van der Waals surface area (Å²) in [6.07, 6.45) is 3.10. The number of halogens is 1. The largest absolute Gasteiger partial charge is 0.381 e. The van der Waals surface area contributed by atoms with E-state index < -0.39 is 0 Å². The first kappa shape index (κ1) is 23.1. The number of rotatable bonds is 12. The highest BCUT2D eigenvalue weighted by Gasteiger charge is 1.97. The molecule has 138 valence electrons. The summed E-state index contributed by atoms with van der Waals surface area (Å²) in [6, 6.07) is 10.4. The van der Waals surface area contributed by atoms with Gasteiger partial charge in [0, 0.05) is 33.4 Å². The third kappa shape index (κ3) is 12.5. The molecule has 0 fully saturated rings. The topological polar surface area (TPSA) is 54.9 Å². The Morgan fingerprint density at radius 2 is 1.71 bits per heavy atom. The van der Waals surface area contributed by atoms with Crippen LogP contribution < -0.4 is 10.6 Å². The zero-order chi connectivity index (χ0) is 16.6. The molecule has 0 aliphatic carbocycles. The summed E-state index contributed by atoms with van der Waals surface area (Å²) >= 11 is 0. The lowest BCUT2D eigenvalue weighted by atomic mass is 10.2. The molecule has 0 saturated heterocycles. The molecular formula is C18H32IN3O2. The van der Waals surface area contributed by atoms with Crippen molar-refractivity contribution in [3.63, 3.8) is 0 Å². The van der Waals surface area contributed by atoms with Crippen molar-refractivity contribution in [3.05, 3.63) is 35.9 Å². The summed E-state index contributed by atoms with van der Waals surface area (Å²) in [7, 11) is 1.78. The van der Waals surface area contributed by atoms with Crippen molar-refractivity contribution >= 4 is 29.9 Å². The Morgan fingerprint density at radius 3 is 2.42 bits per heavy atom. The lowest BCUT2D eigenvalue weighted by Crippen LogP contribution is -2.39. The maximum Gasteiger partial charge on any atom is 0.191 e. The van der Waals surface area contributed by atoms with E-state index in [9.17, 15) is 0 Å². The summed E-state index contributed by atoms with van der Waals surface area (Å²) in [5.74, 6) is 0.828. The van der Waals surface area contributed by atoms with Crippen molar-refractivity contribution < 1.29 is 9.47 Å². The fraction of sp³-hybridized carbons (Fsp3) is 0.611. The molecule has 0 aliphatic heterocycles. The molecule has 6 heteroatoms. The van der Waals surface area contributed by atoms with Crippen LogP contribution in [-0.2, 0) is 15.9 Å². The number of hydrogen-bond acceptors (Lipinski definition) is 3. The van der Waals surface area contributed by atoms with Gasteiger partial charge in [-0.25, -0.2) is 0 Å². The van der Waals surface area contributed by atoms with Crippen molar-refractivity contribution in [2.24, 2.45) is 4.99 Å². The molecule has 0 bridgehead atoms. The van der Waals surface area contributed by atoms with Crippen LogP contribution in [0.1, 0.15) is 25.3 Å². The standard InChI is InChI=1S/C18H31N3O2.HI/c1-3-22-16-13-21-18(19-2)20-12-7-8-14-23-15-11-17-9-5-4-6-10-17;/h4-6,9-10H,3,7-8,11-16H2,1-2H3,(H2,19,20,21);1H. The van der Waals surface area contributed by atoms with E-state index in [4.69, 9.17) is 9.47 Å². The van der Waals surface area contributed by atoms with Crippen molar-refractivity contribution in [3.8, 4) is 0 Å². The van der Waals surface area contributed by atoms with Crippen LogP contribution in [0.15, 0.2) is 35.3 Å². The van der Waals surface area contributed by atoms with Crippen LogP contribution in [0.4, 0.5) is 0 Å². The van der Waals surface area contributed by atoms with Gasteiger partial charge >= 0.3 is 0 Å². The van der Waals surface area contributed by atoms with Crippen LogP contribution in [0.5, 0.6) is 0 Å². The van der Waals surface area contributed by atoms with E-state index in [1.165, 1.54) is 5.56 Å². The number of benzene rings is 1. The average molecular weight is 449 g/mol. The highest BCUT2D eigenvalue weighted by Crippen LogP contribution is 2.00. The molecule has 2 N–H and O–H groups in total. The van der Waals surface area contributed by atoms with E-state index in [-0.39, 0.29) is 24.0 Å². The Hall–Kier alpha value is -0.860. The normalized spacial score (nSPS) is 11.0. The van der Waals surface area contributed by atoms with Crippen molar-refractivity contribution in [2.45, 2.75) is 26.2 Å². The van der Waals surface area contributed by atoms with Gasteiger partial charge in [-0.1, -0.05) is 30.3 Å². The van der Waals surface area contributed by atoms with Gasteiger partial charge in [-0.2, -0.15) is 0 Å². The molecule has 1 rings (SSSR count). The third-order valence-corrected chi connectivity index (χ3v) is 3.35. The van der Waals surface area contributed by atoms with E-state index in [1.54, 1.807) is 7.05 Å². The van der Waals surface area contributed by atoms with Gasteiger partial charge in [-0.05, 0) is 31.7 Å². The van der Waals surface area contributed by atoms with Crippen LogP contribution in [-0.4, -0.2) is 52.5 Å².